The maximum Gasteiger partial charge on any atom is 0.446 e. The first-order valence-corrected chi connectivity index (χ1v) is 17.2. The first kappa shape index (κ1) is 25.8. The number of alkyl halides is 3. The molecule has 0 radical (unpaired) electrons. The second-order valence-corrected chi connectivity index (χ2v) is 18.2. The Morgan fingerprint density at radius 2 is 1.06 bits per heavy atom. The van der Waals surface area contributed by atoms with Gasteiger partial charge in [-0.2, -0.15) is 13.2 Å². The van der Waals surface area contributed by atoms with Crippen LogP contribution in [0.25, 0.3) is 0 Å². The van der Waals surface area contributed by atoms with Crippen molar-refractivity contribution in [2.45, 2.75) is 63.8 Å². The number of ether oxygens (including phenoxy) is 1. The average Bonchev–Trinajstić information content (AvgIpc) is 2.64. The molecular formula is C23H33F3O3Si2. The zero-order valence-corrected chi connectivity index (χ0v) is 21.3. The number of halogens is 3. The Kier molecular flexibility index (Phi) is 7.65. The van der Waals surface area contributed by atoms with E-state index in [1.54, 1.807) is 87.2 Å². The van der Waals surface area contributed by atoms with Gasteiger partial charge in [-0.1, -0.05) is 60.7 Å². The number of hydrogen-bond acceptors (Lipinski definition) is 3. The third-order valence-electron chi connectivity index (χ3n) is 4.45. The van der Waals surface area contributed by atoms with Crippen LogP contribution in [-0.2, 0) is 19.2 Å². The van der Waals surface area contributed by atoms with E-state index in [2.05, 4.69) is 0 Å². The Morgan fingerprint density at radius 3 is 1.35 bits per heavy atom. The molecule has 0 aliphatic heterocycles. The van der Waals surface area contributed by atoms with Crippen LogP contribution < -0.4 is 0 Å². The second-order valence-electron chi connectivity index (χ2n) is 9.39. The van der Waals surface area contributed by atoms with Crippen molar-refractivity contribution < 1.29 is 26.8 Å². The molecule has 0 aliphatic carbocycles. The van der Waals surface area contributed by atoms with E-state index in [-0.39, 0.29) is 6.61 Å². The summed E-state index contributed by atoms with van der Waals surface area (Å²) in [6.45, 7) is 12.1. The average molecular weight is 471 g/mol. The van der Waals surface area contributed by atoms with E-state index in [0.717, 1.165) is 0 Å². The van der Waals surface area contributed by atoms with Gasteiger partial charge in [0.15, 0.2) is 22.2 Å². The van der Waals surface area contributed by atoms with Gasteiger partial charge in [0, 0.05) is 6.61 Å². The lowest BCUT2D eigenvalue weighted by molar-refractivity contribution is -0.402. The third-order valence-corrected chi connectivity index (χ3v) is 6.27. The van der Waals surface area contributed by atoms with E-state index in [0.29, 0.717) is 11.1 Å². The number of hydrogen-bond donors (Lipinski definition) is 0. The molecule has 0 spiro atoms. The molecule has 0 bridgehead atoms. The van der Waals surface area contributed by atoms with Crippen LogP contribution >= 0.6 is 0 Å². The molecule has 2 rings (SSSR count). The number of rotatable bonds is 9. The van der Waals surface area contributed by atoms with Crippen LogP contribution in [0.1, 0.15) is 18.1 Å². The molecule has 2 aromatic rings. The van der Waals surface area contributed by atoms with Crippen LogP contribution in [-0.4, -0.2) is 35.2 Å². The molecule has 0 fully saturated rings. The smallest absolute Gasteiger partial charge is 0.399 e. The summed E-state index contributed by atoms with van der Waals surface area (Å²) in [6.07, 6.45) is -4.88. The Hall–Kier alpha value is -1.46. The van der Waals surface area contributed by atoms with Crippen molar-refractivity contribution >= 4 is 16.6 Å². The summed E-state index contributed by atoms with van der Waals surface area (Å²) in [6, 6.07) is 17.0. The monoisotopic (exact) mass is 470 g/mol. The van der Waals surface area contributed by atoms with Gasteiger partial charge in [-0.15, -0.1) is 0 Å². The molecule has 0 heterocycles. The Balaban J connectivity index is 3.10. The van der Waals surface area contributed by atoms with Crippen molar-refractivity contribution in [3.63, 3.8) is 0 Å². The summed E-state index contributed by atoms with van der Waals surface area (Å²) in [5.41, 5.74) is -1.37. The molecule has 0 N–H and O–H groups in total. The van der Waals surface area contributed by atoms with Crippen LogP contribution in [0.4, 0.5) is 13.2 Å². The van der Waals surface area contributed by atoms with E-state index in [4.69, 9.17) is 13.6 Å². The van der Waals surface area contributed by atoms with Gasteiger partial charge in [0.25, 0.3) is 5.79 Å². The van der Waals surface area contributed by atoms with Crippen molar-refractivity contribution in [3.8, 4) is 0 Å². The van der Waals surface area contributed by atoms with Crippen LogP contribution in [0.3, 0.4) is 0 Å². The normalized spacial score (nSPS) is 15.5. The molecule has 0 aliphatic rings. The molecule has 0 saturated carbocycles. The molecule has 0 saturated heterocycles. The molecule has 8 heteroatoms. The standard InChI is InChI=1S/C23H33F3O3Si2/c1-8-27-22(23(24,25)26,29-31(5,6)7)21(28-30(2,3)4,19-15-11-9-12-16-19)20-17-13-10-14-18-20/h9-18H,8H2,1-7H3. The summed E-state index contributed by atoms with van der Waals surface area (Å²) in [5, 5.41) is 0. The van der Waals surface area contributed by atoms with Crippen LogP contribution in [0, 0.1) is 0 Å². The molecule has 1 unspecified atom stereocenters. The van der Waals surface area contributed by atoms with E-state index in [9.17, 15) is 0 Å². The van der Waals surface area contributed by atoms with E-state index >= 15 is 13.2 Å². The predicted octanol–water partition coefficient (Wildman–Crippen LogP) is 6.93. The van der Waals surface area contributed by atoms with Gasteiger partial charge in [0.2, 0.25) is 0 Å². The maximum absolute atomic E-state index is 15.2. The summed E-state index contributed by atoms with van der Waals surface area (Å²) in [7, 11) is -5.40. The first-order valence-electron chi connectivity index (χ1n) is 10.4. The van der Waals surface area contributed by atoms with Gasteiger partial charge in [-0.05, 0) is 57.3 Å². The molecule has 31 heavy (non-hydrogen) atoms. The van der Waals surface area contributed by atoms with Gasteiger partial charge in [-0.3, -0.25) is 0 Å². The fourth-order valence-corrected chi connectivity index (χ4v) is 6.18. The molecule has 172 valence electrons. The van der Waals surface area contributed by atoms with Crippen molar-refractivity contribution in [2.24, 2.45) is 0 Å². The van der Waals surface area contributed by atoms with Crippen molar-refractivity contribution in [3.05, 3.63) is 71.8 Å². The van der Waals surface area contributed by atoms with Gasteiger partial charge in [-0.25, -0.2) is 0 Å². The molecule has 0 amide bonds. The minimum absolute atomic E-state index is 0.194. The minimum Gasteiger partial charge on any atom is -0.399 e. The van der Waals surface area contributed by atoms with E-state index in [1.165, 1.54) is 0 Å². The van der Waals surface area contributed by atoms with Gasteiger partial charge in [0.05, 0.1) is 0 Å². The predicted molar refractivity (Wildman–Crippen MR) is 123 cm³/mol. The minimum atomic E-state index is -4.88. The van der Waals surface area contributed by atoms with Gasteiger partial charge in [0.1, 0.15) is 0 Å². The highest BCUT2D eigenvalue weighted by Crippen LogP contribution is 2.55. The fourth-order valence-electron chi connectivity index (χ4n) is 3.71. The molecule has 3 nitrogen and oxygen atoms in total. The summed E-state index contributed by atoms with van der Waals surface area (Å²) < 4.78 is 64.0. The summed E-state index contributed by atoms with van der Waals surface area (Å²) in [4.78, 5) is 0. The van der Waals surface area contributed by atoms with Crippen LogP contribution in [0.15, 0.2) is 60.7 Å². The quantitative estimate of drug-likeness (QED) is 0.294. The van der Waals surface area contributed by atoms with Crippen LogP contribution in [0.2, 0.25) is 39.3 Å². The highest BCUT2D eigenvalue weighted by atomic mass is 28.4. The van der Waals surface area contributed by atoms with E-state index < -0.39 is 34.2 Å². The molecular weight excluding hydrogens is 437 g/mol. The fraction of sp³-hybridized carbons (Fsp3) is 0.478. The third kappa shape index (κ3) is 5.49. The summed E-state index contributed by atoms with van der Waals surface area (Å²) >= 11 is 0. The van der Waals surface area contributed by atoms with Crippen LogP contribution in [0.5, 0.6) is 0 Å². The van der Waals surface area contributed by atoms with Crippen molar-refractivity contribution in [1.29, 1.82) is 0 Å². The zero-order chi connectivity index (χ0) is 23.6. The summed E-state index contributed by atoms with van der Waals surface area (Å²) in [5.74, 6) is -3.03. The molecule has 0 aromatic heterocycles. The highest BCUT2D eigenvalue weighted by Gasteiger charge is 2.73. The lowest BCUT2D eigenvalue weighted by Gasteiger charge is -2.54. The Morgan fingerprint density at radius 1 is 0.677 bits per heavy atom. The first-order chi connectivity index (χ1) is 14.2. The number of benzene rings is 2. The Bertz CT molecular complexity index is 792. The highest BCUT2D eigenvalue weighted by molar-refractivity contribution is 6.70. The zero-order valence-electron chi connectivity index (χ0n) is 19.3. The second kappa shape index (κ2) is 9.19. The lowest BCUT2D eigenvalue weighted by atomic mass is 9.78. The lowest BCUT2D eigenvalue weighted by Crippen LogP contribution is -2.70. The molecule has 1 atom stereocenters. The SMILES string of the molecule is CCOC(O[Si](C)(C)C)(C(F)(F)F)C(O[Si](C)(C)C)(c1ccccc1)c1ccccc1. The van der Waals surface area contributed by atoms with Gasteiger partial charge >= 0.3 is 6.18 Å². The maximum atomic E-state index is 15.2. The van der Waals surface area contributed by atoms with Crippen molar-refractivity contribution in [2.75, 3.05) is 6.61 Å². The topological polar surface area (TPSA) is 27.7 Å². The van der Waals surface area contributed by atoms with E-state index in [1.807, 2.05) is 19.6 Å². The van der Waals surface area contributed by atoms with Gasteiger partial charge < -0.3 is 13.6 Å². The molecule has 2 aromatic carbocycles. The Labute approximate surface area is 185 Å². The largest absolute Gasteiger partial charge is 0.446 e. The van der Waals surface area contributed by atoms with Crippen molar-refractivity contribution in [1.82, 2.24) is 0 Å².